The van der Waals surface area contributed by atoms with E-state index in [4.69, 9.17) is 4.98 Å². The van der Waals surface area contributed by atoms with Crippen molar-refractivity contribution < 1.29 is 22.8 Å². The van der Waals surface area contributed by atoms with Crippen molar-refractivity contribution in [1.29, 1.82) is 0 Å². The van der Waals surface area contributed by atoms with Crippen LogP contribution in [0.3, 0.4) is 0 Å². The molecular weight excluding hydrogens is 607 g/mol. The van der Waals surface area contributed by atoms with Gasteiger partial charge in [-0.3, -0.25) is 9.59 Å². The van der Waals surface area contributed by atoms with Gasteiger partial charge in [0.05, 0.1) is 23.2 Å². The number of benzene rings is 3. The van der Waals surface area contributed by atoms with Gasteiger partial charge < -0.3 is 25.3 Å². The molecule has 1 spiro atoms. The molecule has 3 aromatic carbocycles. The molecule has 4 aromatic rings. The van der Waals surface area contributed by atoms with Crippen LogP contribution in [0.4, 0.5) is 41.9 Å². The van der Waals surface area contributed by atoms with E-state index in [0.29, 0.717) is 30.2 Å². The third kappa shape index (κ3) is 6.64. The quantitative estimate of drug-likeness (QED) is 0.219. The van der Waals surface area contributed by atoms with Gasteiger partial charge in [0.25, 0.3) is 5.91 Å². The first-order chi connectivity index (χ1) is 22.3. The van der Waals surface area contributed by atoms with Crippen molar-refractivity contribution in [3.63, 3.8) is 0 Å². The predicted molar refractivity (Wildman–Crippen MR) is 176 cm³/mol. The number of hydrogen-bond donors (Lipinski definition) is 2. The number of carbonyl (C=O) groups excluding carboxylic acids is 2. The fourth-order valence-electron chi connectivity index (χ4n) is 5.79. The SMILES string of the molecule is Cc1ccc(NC(=O)c2cccc(C(F)(F)F)c2)cc1N1Cc2cnc(Nc3ccc(N(C)CCN(C)C)cc3)nc2C2(CC2)C1=O. The number of amides is 2. The maximum atomic E-state index is 14.0. The number of nitrogens with zero attached hydrogens (tertiary/aromatic N) is 5. The molecule has 2 amide bonds. The van der Waals surface area contributed by atoms with E-state index in [2.05, 4.69) is 32.5 Å². The van der Waals surface area contributed by atoms with Crippen LogP contribution in [0.15, 0.2) is 72.9 Å². The largest absolute Gasteiger partial charge is 0.416 e. The molecule has 0 atom stereocenters. The summed E-state index contributed by atoms with van der Waals surface area (Å²) in [4.78, 5) is 42.3. The molecule has 2 heterocycles. The normalized spacial score (nSPS) is 15.1. The first kappa shape index (κ1) is 32.0. The molecular formula is C35H36F3N7O2. The Morgan fingerprint density at radius 3 is 2.38 bits per heavy atom. The molecule has 1 aliphatic carbocycles. The molecule has 2 aliphatic rings. The number of halogens is 3. The van der Waals surface area contributed by atoms with Gasteiger partial charge in [0, 0.05) is 60.2 Å². The van der Waals surface area contributed by atoms with Crippen molar-refractivity contribution in [3.05, 3.63) is 101 Å². The van der Waals surface area contributed by atoms with E-state index in [1.54, 1.807) is 29.3 Å². The number of anilines is 5. The molecule has 0 radical (unpaired) electrons. The summed E-state index contributed by atoms with van der Waals surface area (Å²) >= 11 is 0. The molecule has 1 aliphatic heterocycles. The molecule has 6 rings (SSSR count). The third-order valence-electron chi connectivity index (χ3n) is 8.71. The highest BCUT2D eigenvalue weighted by atomic mass is 19.4. The maximum Gasteiger partial charge on any atom is 0.416 e. The summed E-state index contributed by atoms with van der Waals surface area (Å²) in [5, 5.41) is 5.96. The number of nitrogens with one attached hydrogen (secondary N) is 2. The lowest BCUT2D eigenvalue weighted by molar-refractivity contribution is -0.137. The minimum Gasteiger partial charge on any atom is -0.373 e. The average molecular weight is 644 g/mol. The molecule has 12 heteroatoms. The predicted octanol–water partition coefficient (Wildman–Crippen LogP) is 6.38. The molecule has 1 aromatic heterocycles. The van der Waals surface area contributed by atoms with Crippen LogP contribution in [0.1, 0.15) is 45.6 Å². The van der Waals surface area contributed by atoms with Gasteiger partial charge in [-0.05, 0) is 94.0 Å². The number of alkyl halides is 3. The van der Waals surface area contributed by atoms with Gasteiger partial charge in [-0.2, -0.15) is 13.2 Å². The summed E-state index contributed by atoms with van der Waals surface area (Å²) in [5.74, 6) is -0.344. The van der Waals surface area contributed by atoms with Crippen molar-refractivity contribution >= 4 is 40.5 Å². The second-order valence-corrected chi connectivity index (χ2v) is 12.5. The van der Waals surface area contributed by atoms with Crippen LogP contribution in [-0.2, 0) is 22.9 Å². The highest BCUT2D eigenvalue weighted by Crippen LogP contribution is 2.53. The van der Waals surface area contributed by atoms with Gasteiger partial charge in [-0.1, -0.05) is 12.1 Å². The Labute approximate surface area is 271 Å². The first-order valence-corrected chi connectivity index (χ1v) is 15.3. The Hall–Kier alpha value is -4.97. The monoisotopic (exact) mass is 643 g/mol. The van der Waals surface area contributed by atoms with Crippen LogP contribution in [0.25, 0.3) is 0 Å². The highest BCUT2D eigenvalue weighted by Gasteiger charge is 2.58. The third-order valence-corrected chi connectivity index (χ3v) is 8.71. The summed E-state index contributed by atoms with van der Waals surface area (Å²) in [7, 11) is 6.15. The van der Waals surface area contributed by atoms with E-state index >= 15 is 0 Å². The lowest BCUT2D eigenvalue weighted by Crippen LogP contribution is -2.45. The van der Waals surface area contributed by atoms with E-state index in [-0.39, 0.29) is 18.0 Å². The van der Waals surface area contributed by atoms with Gasteiger partial charge in [-0.25, -0.2) is 9.97 Å². The standard InChI is InChI=1S/C35H36F3N7O2/c1-22-8-9-27(40-31(46)23-6-5-7-25(18-23)35(36,37)38)19-29(22)45-21-24-20-39-33(42-30(24)34(14-15-34)32(45)47)41-26-10-12-28(13-11-26)44(4)17-16-43(2)3/h5-13,18-20H,14-17,21H2,1-4H3,(H,40,46)(H,39,41,42). The summed E-state index contributed by atoms with van der Waals surface area (Å²) in [5.41, 5.74) is 3.50. The average Bonchev–Trinajstić information content (AvgIpc) is 3.85. The fourth-order valence-corrected chi connectivity index (χ4v) is 5.79. The van der Waals surface area contributed by atoms with E-state index in [9.17, 15) is 22.8 Å². The second kappa shape index (κ2) is 12.3. The van der Waals surface area contributed by atoms with Crippen molar-refractivity contribution in [2.45, 2.75) is 37.9 Å². The van der Waals surface area contributed by atoms with Crippen LogP contribution in [0, 0.1) is 6.92 Å². The lowest BCUT2D eigenvalue weighted by atomic mass is 9.91. The highest BCUT2D eigenvalue weighted by molar-refractivity contribution is 6.07. The number of hydrogen-bond acceptors (Lipinski definition) is 7. The molecule has 1 saturated carbocycles. The molecule has 244 valence electrons. The van der Waals surface area contributed by atoms with Crippen LogP contribution in [-0.4, -0.2) is 60.9 Å². The van der Waals surface area contributed by atoms with E-state index in [0.717, 1.165) is 53.4 Å². The fraction of sp³-hybridized carbons (Fsp3) is 0.314. The minimum atomic E-state index is -4.56. The smallest absolute Gasteiger partial charge is 0.373 e. The molecule has 2 N–H and O–H groups in total. The zero-order valence-electron chi connectivity index (χ0n) is 26.7. The Kier molecular flexibility index (Phi) is 8.39. The van der Waals surface area contributed by atoms with Gasteiger partial charge in [-0.15, -0.1) is 0 Å². The minimum absolute atomic E-state index is 0.0794. The van der Waals surface area contributed by atoms with Crippen molar-refractivity contribution in [2.75, 3.05) is 54.7 Å². The zero-order valence-corrected chi connectivity index (χ0v) is 26.7. The van der Waals surface area contributed by atoms with Crippen molar-refractivity contribution in [2.24, 2.45) is 0 Å². The first-order valence-electron chi connectivity index (χ1n) is 15.3. The van der Waals surface area contributed by atoms with Crippen LogP contribution in [0.5, 0.6) is 0 Å². The van der Waals surface area contributed by atoms with Crippen LogP contribution >= 0.6 is 0 Å². The summed E-state index contributed by atoms with van der Waals surface area (Å²) in [6.07, 6.45) is -1.50. The topological polar surface area (TPSA) is 93.7 Å². The van der Waals surface area contributed by atoms with E-state index in [1.165, 1.54) is 12.1 Å². The van der Waals surface area contributed by atoms with Gasteiger partial charge in [0.2, 0.25) is 11.9 Å². The molecule has 1 fully saturated rings. The number of fused-ring (bicyclic) bond motifs is 2. The number of aryl methyl sites for hydroxylation is 1. The maximum absolute atomic E-state index is 14.0. The van der Waals surface area contributed by atoms with Gasteiger partial charge >= 0.3 is 6.18 Å². The van der Waals surface area contributed by atoms with E-state index in [1.807, 2.05) is 45.3 Å². The van der Waals surface area contributed by atoms with Gasteiger partial charge in [0.1, 0.15) is 0 Å². The summed E-state index contributed by atoms with van der Waals surface area (Å²) in [6.45, 7) is 3.96. The number of likely N-dealkylation sites (N-methyl/N-ethyl adjacent to an activating group) is 2. The second-order valence-electron chi connectivity index (χ2n) is 12.5. The molecule has 0 saturated heterocycles. The summed E-state index contributed by atoms with van der Waals surface area (Å²) in [6, 6.07) is 17.4. The van der Waals surface area contributed by atoms with Crippen LogP contribution in [0.2, 0.25) is 0 Å². The number of rotatable bonds is 9. The van der Waals surface area contributed by atoms with Crippen LogP contribution < -0.4 is 20.4 Å². The Morgan fingerprint density at radius 2 is 1.70 bits per heavy atom. The molecule has 0 unspecified atom stereocenters. The summed E-state index contributed by atoms with van der Waals surface area (Å²) < 4.78 is 39.6. The van der Waals surface area contributed by atoms with Crippen molar-refractivity contribution in [1.82, 2.24) is 14.9 Å². The van der Waals surface area contributed by atoms with Crippen molar-refractivity contribution in [3.8, 4) is 0 Å². The Morgan fingerprint density at radius 1 is 0.979 bits per heavy atom. The number of carbonyl (C=O) groups is 2. The Balaban J connectivity index is 1.19. The zero-order chi connectivity index (χ0) is 33.5. The molecule has 47 heavy (non-hydrogen) atoms. The van der Waals surface area contributed by atoms with Gasteiger partial charge in [0.15, 0.2) is 0 Å². The lowest BCUT2D eigenvalue weighted by Gasteiger charge is -2.34. The molecule has 9 nitrogen and oxygen atoms in total. The molecule has 0 bridgehead atoms. The Bertz CT molecular complexity index is 1820. The van der Waals surface area contributed by atoms with E-state index < -0.39 is 23.1 Å². The number of aromatic nitrogens is 2.